The van der Waals surface area contributed by atoms with Crippen LogP contribution in [0.5, 0.6) is 0 Å². The fourth-order valence-electron chi connectivity index (χ4n) is 6.34. The summed E-state index contributed by atoms with van der Waals surface area (Å²) in [5, 5.41) is 8.25. The molecule has 0 spiro atoms. The third-order valence-electron chi connectivity index (χ3n) is 8.56. The number of rotatable bonds is 6. The molecule has 1 unspecified atom stereocenters. The largest absolute Gasteiger partial charge is 0.361 e. The lowest BCUT2D eigenvalue weighted by molar-refractivity contribution is 0.435. The maximum atomic E-state index is 6.17. The molecule has 200 valence electrons. The van der Waals surface area contributed by atoms with E-state index in [-0.39, 0.29) is 5.41 Å². The van der Waals surface area contributed by atoms with Gasteiger partial charge in [-0.3, -0.25) is 0 Å². The molecule has 1 atom stereocenters. The lowest BCUT2D eigenvalue weighted by atomic mass is 9.79. The van der Waals surface area contributed by atoms with E-state index in [0.29, 0.717) is 17.1 Å². The van der Waals surface area contributed by atoms with Crippen LogP contribution in [0.15, 0.2) is 30.3 Å². The average molecular weight is 541 g/mol. The minimum Gasteiger partial charge on any atom is -0.361 e. The van der Waals surface area contributed by atoms with Gasteiger partial charge < -0.3 is 20.4 Å². The molecule has 1 saturated carbocycles. The summed E-state index contributed by atoms with van der Waals surface area (Å²) >= 11 is 12.0. The minimum absolute atomic E-state index is 0.0828. The number of nitrogens with zero attached hydrogens (tertiary/aromatic N) is 4. The van der Waals surface area contributed by atoms with Crippen molar-refractivity contribution in [1.29, 1.82) is 0 Å². The number of benzene rings is 1. The monoisotopic (exact) mass is 540 g/mol. The van der Waals surface area contributed by atoms with Crippen LogP contribution in [0.4, 0.5) is 17.6 Å². The van der Waals surface area contributed by atoms with Crippen LogP contribution in [-0.4, -0.2) is 47.3 Å². The van der Waals surface area contributed by atoms with Crippen molar-refractivity contribution in [3.63, 3.8) is 0 Å². The predicted molar refractivity (Wildman–Crippen MR) is 159 cm³/mol. The molecule has 3 heterocycles. The van der Waals surface area contributed by atoms with Crippen molar-refractivity contribution in [3.05, 3.63) is 40.9 Å². The topological polar surface area (TPSA) is 56.3 Å². The molecule has 37 heavy (non-hydrogen) atoms. The molecule has 2 aliphatic heterocycles. The predicted octanol–water partition coefficient (Wildman–Crippen LogP) is 6.69. The Morgan fingerprint density at radius 1 is 0.946 bits per heavy atom. The molecule has 5 rings (SSSR count). The van der Waals surface area contributed by atoms with Crippen LogP contribution in [-0.2, 0) is 5.41 Å². The normalized spacial score (nSPS) is 21.9. The Morgan fingerprint density at radius 2 is 1.62 bits per heavy atom. The van der Waals surface area contributed by atoms with Gasteiger partial charge in [-0.15, -0.1) is 0 Å². The highest BCUT2D eigenvalue weighted by Gasteiger charge is 2.35. The number of anilines is 3. The first kappa shape index (κ1) is 26.5. The van der Waals surface area contributed by atoms with Crippen molar-refractivity contribution in [1.82, 2.24) is 15.3 Å². The summed E-state index contributed by atoms with van der Waals surface area (Å²) in [5.74, 6) is 2.63. The zero-order valence-corrected chi connectivity index (χ0v) is 23.7. The van der Waals surface area contributed by atoms with Crippen molar-refractivity contribution in [2.45, 2.75) is 89.0 Å². The molecule has 3 aliphatic rings. The number of piperidine rings is 1. The van der Waals surface area contributed by atoms with E-state index in [4.69, 9.17) is 33.8 Å². The zero-order chi connectivity index (χ0) is 25.7. The fraction of sp³-hybridized carbons (Fsp3) is 0.621. The molecule has 0 bridgehead atoms. The van der Waals surface area contributed by atoms with Crippen LogP contribution in [0, 0.1) is 0 Å². The number of aromatic nitrogens is 2. The van der Waals surface area contributed by atoms with Gasteiger partial charge in [0, 0.05) is 48.7 Å². The third kappa shape index (κ3) is 6.48. The van der Waals surface area contributed by atoms with Crippen molar-refractivity contribution in [2.75, 3.05) is 41.3 Å². The molecule has 2 N–H and O–H groups in total. The van der Waals surface area contributed by atoms with E-state index in [2.05, 4.69) is 45.6 Å². The second kappa shape index (κ2) is 12.2. The van der Waals surface area contributed by atoms with Crippen LogP contribution in [0.2, 0.25) is 5.02 Å². The molecule has 1 aromatic carbocycles. The standard InChI is InChI=1S/C29H41ClN6S/c1-22-10-4-9-19-36(22)26-20-25(35-17-7-2-3-8-18-35)32-27(33-26)34-28(37)31-21-29(15-5-6-16-29)23-11-13-24(30)14-12-23/h11-14,20,22H,2-10,15-19,21H2,1H3,(H2,31,32,33,34,37). The van der Waals surface area contributed by atoms with Gasteiger partial charge in [0.05, 0.1) is 0 Å². The van der Waals surface area contributed by atoms with Gasteiger partial charge >= 0.3 is 0 Å². The number of thiocarbonyl (C=S) groups is 1. The Bertz CT molecular complexity index is 1050. The number of hydrogen-bond donors (Lipinski definition) is 2. The molecule has 6 nitrogen and oxygen atoms in total. The zero-order valence-electron chi connectivity index (χ0n) is 22.1. The van der Waals surface area contributed by atoms with Crippen LogP contribution in [0.25, 0.3) is 0 Å². The Hall–Kier alpha value is -2.12. The summed E-state index contributed by atoms with van der Waals surface area (Å²) in [4.78, 5) is 14.8. The first-order valence-corrected chi connectivity index (χ1v) is 15.0. The SMILES string of the molecule is CC1CCCCN1c1cc(N2CCCCCC2)nc(NC(=S)NCC2(c3ccc(Cl)cc3)CCCC2)n1. The van der Waals surface area contributed by atoms with Gasteiger partial charge in [-0.25, -0.2) is 0 Å². The molecule has 1 aliphatic carbocycles. The maximum Gasteiger partial charge on any atom is 0.232 e. The number of hydrogen-bond acceptors (Lipinski definition) is 5. The Labute approximate surface area is 232 Å². The van der Waals surface area contributed by atoms with Gasteiger partial charge in [-0.1, -0.05) is 49.4 Å². The molecule has 2 aromatic rings. The smallest absolute Gasteiger partial charge is 0.232 e. The lowest BCUT2D eigenvalue weighted by Gasteiger charge is -2.35. The van der Waals surface area contributed by atoms with Gasteiger partial charge in [0.1, 0.15) is 11.6 Å². The van der Waals surface area contributed by atoms with Gasteiger partial charge in [0.25, 0.3) is 0 Å². The summed E-state index contributed by atoms with van der Waals surface area (Å²) < 4.78 is 0. The Morgan fingerprint density at radius 3 is 2.32 bits per heavy atom. The molecule has 0 amide bonds. The third-order valence-corrected chi connectivity index (χ3v) is 9.05. The quantitative estimate of drug-likeness (QED) is 0.396. The van der Waals surface area contributed by atoms with Crippen molar-refractivity contribution in [3.8, 4) is 0 Å². The summed E-state index contributed by atoms with van der Waals surface area (Å²) in [6.45, 7) is 6.26. The Kier molecular flexibility index (Phi) is 8.71. The van der Waals surface area contributed by atoms with Crippen LogP contribution in [0.1, 0.15) is 83.1 Å². The molecule has 2 saturated heterocycles. The van der Waals surface area contributed by atoms with E-state index in [1.807, 2.05) is 12.1 Å². The number of nitrogens with one attached hydrogen (secondary N) is 2. The fourth-order valence-corrected chi connectivity index (χ4v) is 6.63. The molecule has 3 fully saturated rings. The summed E-state index contributed by atoms with van der Waals surface area (Å²) in [5.41, 5.74) is 1.42. The number of halogens is 1. The molecular formula is C29H41ClN6S. The van der Waals surface area contributed by atoms with Crippen molar-refractivity contribution < 1.29 is 0 Å². The van der Waals surface area contributed by atoms with Crippen molar-refractivity contribution >= 4 is 46.5 Å². The second-order valence-corrected chi connectivity index (χ2v) is 12.0. The van der Waals surface area contributed by atoms with Gasteiger partial charge in [0.2, 0.25) is 5.95 Å². The molecular weight excluding hydrogens is 500 g/mol. The molecule has 1 aromatic heterocycles. The highest BCUT2D eigenvalue weighted by molar-refractivity contribution is 7.80. The Balaban J connectivity index is 1.33. The van der Waals surface area contributed by atoms with E-state index in [0.717, 1.165) is 55.7 Å². The first-order chi connectivity index (χ1) is 18.0. The summed E-state index contributed by atoms with van der Waals surface area (Å²) in [6.07, 6.45) is 13.5. The van der Waals surface area contributed by atoms with E-state index in [9.17, 15) is 0 Å². The van der Waals surface area contributed by atoms with E-state index >= 15 is 0 Å². The van der Waals surface area contributed by atoms with E-state index < -0.39 is 0 Å². The highest BCUT2D eigenvalue weighted by Crippen LogP contribution is 2.41. The summed E-state index contributed by atoms with van der Waals surface area (Å²) in [6, 6.07) is 11.0. The second-order valence-electron chi connectivity index (χ2n) is 11.1. The van der Waals surface area contributed by atoms with Crippen molar-refractivity contribution in [2.24, 2.45) is 0 Å². The van der Waals surface area contributed by atoms with Gasteiger partial charge in [0.15, 0.2) is 5.11 Å². The minimum atomic E-state index is 0.0828. The van der Waals surface area contributed by atoms with E-state index in [1.165, 1.54) is 63.4 Å². The van der Waals surface area contributed by atoms with Gasteiger partial charge in [-0.05, 0) is 81.8 Å². The van der Waals surface area contributed by atoms with Crippen LogP contribution < -0.4 is 20.4 Å². The highest BCUT2D eigenvalue weighted by atomic mass is 35.5. The lowest BCUT2D eigenvalue weighted by Crippen LogP contribution is -2.41. The maximum absolute atomic E-state index is 6.17. The summed E-state index contributed by atoms with van der Waals surface area (Å²) in [7, 11) is 0. The first-order valence-electron chi connectivity index (χ1n) is 14.2. The molecule has 0 radical (unpaired) electrons. The molecule has 8 heteroatoms. The average Bonchev–Trinajstić information content (AvgIpc) is 3.22. The van der Waals surface area contributed by atoms with E-state index in [1.54, 1.807) is 0 Å². The van der Waals surface area contributed by atoms with Crippen LogP contribution >= 0.6 is 23.8 Å². The van der Waals surface area contributed by atoms with Crippen LogP contribution in [0.3, 0.4) is 0 Å². The van der Waals surface area contributed by atoms with Gasteiger partial charge in [-0.2, -0.15) is 9.97 Å².